The first-order valence-electron chi connectivity index (χ1n) is 10.8. The predicted molar refractivity (Wildman–Crippen MR) is 124 cm³/mol. The Morgan fingerprint density at radius 1 is 1.12 bits per heavy atom. The Hall–Kier alpha value is -3.52. The molecule has 3 aromatic heterocycles. The molecule has 1 aliphatic rings. The zero-order chi connectivity index (χ0) is 22.4. The highest BCUT2D eigenvalue weighted by Crippen LogP contribution is 2.31. The molecule has 0 aliphatic carbocycles. The Balaban J connectivity index is 1.50. The number of aryl methyl sites for hydroxylation is 3. The molecule has 4 heterocycles. The summed E-state index contributed by atoms with van der Waals surface area (Å²) in [6.07, 6.45) is 3.96. The third-order valence-electron chi connectivity index (χ3n) is 6.28. The highest BCUT2D eigenvalue weighted by molar-refractivity contribution is 5.85. The summed E-state index contributed by atoms with van der Waals surface area (Å²) in [7, 11) is 3.87. The molecule has 0 saturated carbocycles. The summed E-state index contributed by atoms with van der Waals surface area (Å²) in [5, 5.41) is 8.25. The fraction of sp³-hybridized carbons (Fsp3) is 0.333. The van der Waals surface area contributed by atoms with Gasteiger partial charge in [-0.15, -0.1) is 0 Å². The van der Waals surface area contributed by atoms with Crippen LogP contribution in [0.25, 0.3) is 22.0 Å². The van der Waals surface area contributed by atoms with Gasteiger partial charge in [-0.2, -0.15) is 4.98 Å². The molecular formula is C24H26N6O2. The first-order valence-corrected chi connectivity index (χ1v) is 10.8. The maximum Gasteiger partial charge on any atom is 0.267 e. The molecule has 0 radical (unpaired) electrons. The van der Waals surface area contributed by atoms with E-state index in [1.165, 1.54) is 0 Å². The van der Waals surface area contributed by atoms with Gasteiger partial charge in [-0.05, 0) is 80.8 Å². The van der Waals surface area contributed by atoms with Crippen molar-refractivity contribution in [2.24, 2.45) is 7.05 Å². The Morgan fingerprint density at radius 2 is 1.97 bits per heavy atom. The topological polar surface area (TPSA) is 89.1 Å². The van der Waals surface area contributed by atoms with Crippen LogP contribution in [-0.2, 0) is 7.05 Å². The SMILES string of the molecule is Cc1cc2c(cn1)cc(-c1cc(Nc3noc(C4CCCN4C)n3)ccc1C)c(=O)n2C. The minimum absolute atomic E-state index is 0.0468. The molecule has 1 fully saturated rings. The molecule has 8 heteroatoms. The van der Waals surface area contributed by atoms with Crippen LogP contribution in [0.5, 0.6) is 0 Å². The molecule has 0 spiro atoms. The number of pyridine rings is 2. The van der Waals surface area contributed by atoms with E-state index in [-0.39, 0.29) is 11.6 Å². The second-order valence-electron chi connectivity index (χ2n) is 8.56. The summed E-state index contributed by atoms with van der Waals surface area (Å²) in [6.45, 7) is 4.96. The molecule has 164 valence electrons. The van der Waals surface area contributed by atoms with Crippen molar-refractivity contribution in [1.29, 1.82) is 0 Å². The van der Waals surface area contributed by atoms with Gasteiger partial charge in [-0.25, -0.2) is 0 Å². The van der Waals surface area contributed by atoms with Crippen LogP contribution in [0, 0.1) is 13.8 Å². The number of nitrogens with one attached hydrogen (secondary N) is 1. The largest absolute Gasteiger partial charge is 0.336 e. The predicted octanol–water partition coefficient (Wildman–Crippen LogP) is 4.11. The Morgan fingerprint density at radius 3 is 2.75 bits per heavy atom. The number of fused-ring (bicyclic) bond motifs is 1. The molecule has 1 atom stereocenters. The zero-order valence-electron chi connectivity index (χ0n) is 18.7. The summed E-state index contributed by atoms with van der Waals surface area (Å²) in [6, 6.07) is 9.91. The summed E-state index contributed by atoms with van der Waals surface area (Å²) >= 11 is 0. The van der Waals surface area contributed by atoms with Crippen molar-refractivity contribution in [3.63, 3.8) is 0 Å². The molecule has 0 bridgehead atoms. The molecule has 8 nitrogen and oxygen atoms in total. The van der Waals surface area contributed by atoms with Gasteiger partial charge in [-0.3, -0.25) is 14.7 Å². The second kappa shape index (κ2) is 7.87. The molecule has 1 aliphatic heterocycles. The van der Waals surface area contributed by atoms with Gasteiger partial charge in [0.15, 0.2) is 0 Å². The van der Waals surface area contributed by atoms with E-state index in [0.29, 0.717) is 17.4 Å². The monoisotopic (exact) mass is 430 g/mol. The third kappa shape index (κ3) is 3.56. The number of nitrogens with zero attached hydrogens (tertiary/aromatic N) is 5. The zero-order valence-corrected chi connectivity index (χ0v) is 18.7. The van der Waals surface area contributed by atoms with Crippen LogP contribution >= 0.6 is 0 Å². The van der Waals surface area contributed by atoms with Crippen LogP contribution in [0.3, 0.4) is 0 Å². The van der Waals surface area contributed by atoms with E-state index in [1.807, 2.05) is 50.4 Å². The normalized spacial score (nSPS) is 16.7. The standard InChI is InChI=1S/C24H26N6O2/c1-14-7-8-17(26-24-27-22(32-28-24)20-6-5-9-29(20)3)12-18(14)19-11-16-13-25-15(2)10-21(16)30(4)23(19)31/h7-8,10-13,20H,5-6,9H2,1-4H3,(H,26,28). The van der Waals surface area contributed by atoms with Gasteiger partial charge in [0.05, 0.1) is 11.6 Å². The molecule has 5 rings (SSSR count). The number of anilines is 2. The average Bonchev–Trinajstić information content (AvgIpc) is 3.41. The van der Waals surface area contributed by atoms with Crippen molar-refractivity contribution in [2.45, 2.75) is 32.7 Å². The van der Waals surface area contributed by atoms with E-state index in [9.17, 15) is 4.79 Å². The Labute approximate surface area is 185 Å². The summed E-state index contributed by atoms with van der Waals surface area (Å²) in [4.78, 5) is 24.3. The molecule has 1 unspecified atom stereocenters. The van der Waals surface area contributed by atoms with Crippen LogP contribution in [-0.4, -0.2) is 38.2 Å². The lowest BCUT2D eigenvalue weighted by molar-refractivity contribution is 0.245. The van der Waals surface area contributed by atoms with E-state index in [0.717, 1.165) is 52.8 Å². The lowest BCUT2D eigenvalue weighted by Gasteiger charge is -2.14. The molecule has 32 heavy (non-hydrogen) atoms. The molecule has 4 aromatic rings. The van der Waals surface area contributed by atoms with Crippen LogP contribution in [0.2, 0.25) is 0 Å². The van der Waals surface area contributed by atoms with E-state index >= 15 is 0 Å². The maximum atomic E-state index is 13.2. The van der Waals surface area contributed by atoms with Crippen molar-refractivity contribution >= 4 is 22.5 Å². The van der Waals surface area contributed by atoms with Crippen LogP contribution < -0.4 is 10.9 Å². The van der Waals surface area contributed by atoms with Crippen molar-refractivity contribution in [2.75, 3.05) is 18.9 Å². The Bertz CT molecular complexity index is 1370. The first kappa shape index (κ1) is 20.4. The van der Waals surface area contributed by atoms with Gasteiger partial charge in [-0.1, -0.05) is 6.07 Å². The second-order valence-corrected chi connectivity index (χ2v) is 8.56. The van der Waals surface area contributed by atoms with E-state index in [2.05, 4.69) is 32.4 Å². The third-order valence-corrected chi connectivity index (χ3v) is 6.28. The number of hydrogen-bond donors (Lipinski definition) is 1. The number of likely N-dealkylation sites (tertiary alicyclic amines) is 1. The molecule has 1 N–H and O–H groups in total. The van der Waals surface area contributed by atoms with Gasteiger partial charge in [0.2, 0.25) is 5.89 Å². The van der Waals surface area contributed by atoms with Crippen molar-refractivity contribution in [3.05, 3.63) is 64.0 Å². The van der Waals surface area contributed by atoms with Crippen LogP contribution in [0.4, 0.5) is 11.6 Å². The molecule has 1 aromatic carbocycles. The molecule has 0 amide bonds. The van der Waals surface area contributed by atoms with Gasteiger partial charge in [0.25, 0.3) is 11.5 Å². The highest BCUT2D eigenvalue weighted by Gasteiger charge is 2.27. The summed E-state index contributed by atoms with van der Waals surface area (Å²) in [5.41, 5.74) is 5.00. The van der Waals surface area contributed by atoms with E-state index in [1.54, 1.807) is 11.6 Å². The smallest absolute Gasteiger partial charge is 0.267 e. The van der Waals surface area contributed by atoms with Gasteiger partial charge in [0.1, 0.15) is 0 Å². The molecular weight excluding hydrogens is 404 g/mol. The minimum atomic E-state index is -0.0468. The number of hydrogen-bond acceptors (Lipinski definition) is 7. The van der Waals surface area contributed by atoms with Gasteiger partial charge >= 0.3 is 0 Å². The summed E-state index contributed by atoms with van der Waals surface area (Å²) in [5.74, 6) is 1.05. The summed E-state index contributed by atoms with van der Waals surface area (Å²) < 4.78 is 7.18. The highest BCUT2D eigenvalue weighted by atomic mass is 16.5. The van der Waals surface area contributed by atoms with Gasteiger partial charge in [0, 0.05) is 35.6 Å². The van der Waals surface area contributed by atoms with Crippen molar-refractivity contribution in [1.82, 2.24) is 24.6 Å². The number of aromatic nitrogens is 4. The fourth-order valence-electron chi connectivity index (χ4n) is 4.42. The fourth-order valence-corrected chi connectivity index (χ4v) is 4.42. The average molecular weight is 431 g/mol. The van der Waals surface area contributed by atoms with Gasteiger partial charge < -0.3 is 14.4 Å². The van der Waals surface area contributed by atoms with Crippen molar-refractivity contribution in [3.8, 4) is 11.1 Å². The van der Waals surface area contributed by atoms with E-state index in [4.69, 9.17) is 4.52 Å². The minimum Gasteiger partial charge on any atom is -0.336 e. The maximum absolute atomic E-state index is 13.2. The lowest BCUT2D eigenvalue weighted by atomic mass is 9.99. The lowest BCUT2D eigenvalue weighted by Crippen LogP contribution is -2.19. The van der Waals surface area contributed by atoms with Crippen LogP contribution in [0.1, 0.15) is 36.0 Å². The number of benzene rings is 1. The Kier molecular flexibility index (Phi) is 5.01. The first-order chi connectivity index (χ1) is 15.4. The van der Waals surface area contributed by atoms with E-state index < -0.39 is 0 Å². The number of rotatable bonds is 4. The van der Waals surface area contributed by atoms with Crippen molar-refractivity contribution < 1.29 is 4.52 Å². The quantitative estimate of drug-likeness (QED) is 0.521. The van der Waals surface area contributed by atoms with Crippen LogP contribution in [0.15, 0.2) is 45.8 Å². The molecule has 1 saturated heterocycles.